The fourth-order valence-electron chi connectivity index (χ4n) is 3.62. The molecule has 1 saturated heterocycles. The molecule has 2 aromatic rings. The summed E-state index contributed by atoms with van der Waals surface area (Å²) in [6, 6.07) is 7.10. The number of fused-ring (bicyclic) bond motifs is 1. The van der Waals surface area contributed by atoms with Crippen LogP contribution in [0.1, 0.15) is 30.5 Å². The third-order valence-corrected chi connectivity index (χ3v) is 5.77. The van der Waals surface area contributed by atoms with Gasteiger partial charge in [0.25, 0.3) is 0 Å². The zero-order valence-electron chi connectivity index (χ0n) is 15.8. The van der Waals surface area contributed by atoms with Crippen LogP contribution in [-0.2, 0) is 22.8 Å². The number of carbonyl (C=O) groups is 1. The van der Waals surface area contributed by atoms with Gasteiger partial charge in [-0.2, -0.15) is 4.72 Å². The van der Waals surface area contributed by atoms with Crippen LogP contribution in [0.2, 0.25) is 0 Å². The van der Waals surface area contributed by atoms with Crippen LogP contribution >= 0.6 is 0 Å². The summed E-state index contributed by atoms with van der Waals surface area (Å²) in [6.45, 7) is 1.05. The number of nitrogens with two attached hydrogens (primary N) is 1. The third-order valence-electron chi connectivity index (χ3n) is 5.02. The summed E-state index contributed by atoms with van der Waals surface area (Å²) in [5.41, 5.74) is 7.89. The zero-order valence-corrected chi connectivity index (χ0v) is 16.6. The van der Waals surface area contributed by atoms with E-state index in [-0.39, 0.29) is 24.2 Å². The first kappa shape index (κ1) is 19.5. The number of nitrogens with zero attached hydrogens (tertiary/aromatic N) is 4. The number of anilines is 1. The highest BCUT2D eigenvalue weighted by molar-refractivity contribution is 7.91. The molecule has 1 aromatic carbocycles. The number of amides is 1. The van der Waals surface area contributed by atoms with Gasteiger partial charge in [0.15, 0.2) is 5.84 Å². The van der Waals surface area contributed by atoms with E-state index >= 15 is 0 Å². The van der Waals surface area contributed by atoms with E-state index in [0.717, 1.165) is 19.3 Å². The predicted molar refractivity (Wildman–Crippen MR) is 110 cm³/mol. The Kier molecular flexibility index (Phi) is 5.81. The number of hydrogen-bond donors (Lipinski definition) is 2. The molecule has 0 bridgehead atoms. The molecule has 1 amide bonds. The van der Waals surface area contributed by atoms with Gasteiger partial charge >= 0.3 is 0 Å². The summed E-state index contributed by atoms with van der Waals surface area (Å²) in [4.78, 5) is 22.8. The van der Waals surface area contributed by atoms with Crippen LogP contribution in [0, 0.1) is 0 Å². The first-order chi connectivity index (χ1) is 14.1. The van der Waals surface area contributed by atoms with Crippen molar-refractivity contribution in [2.75, 3.05) is 17.9 Å². The largest absolute Gasteiger partial charge is 0.566 e. The second-order valence-corrected chi connectivity index (χ2v) is 7.82. The maximum atomic E-state index is 12.8. The van der Waals surface area contributed by atoms with Crippen molar-refractivity contribution in [3.05, 3.63) is 48.0 Å². The number of nitrogens with one attached hydrogen (secondary N) is 1. The number of likely N-dealkylation sites (tertiary alicyclic amines) is 1. The van der Waals surface area contributed by atoms with Gasteiger partial charge in [-0.25, -0.2) is 9.97 Å². The minimum Gasteiger partial charge on any atom is -0.566 e. The Bertz CT molecular complexity index is 910. The molecule has 2 aliphatic heterocycles. The minimum absolute atomic E-state index is 0.0298. The molecule has 2 unspecified atom stereocenters. The molecule has 2 atom stereocenters. The summed E-state index contributed by atoms with van der Waals surface area (Å²) < 4.78 is 24.4. The number of carbonyl (C=O) groups excluding carboxylic acids is 1. The lowest BCUT2D eigenvalue weighted by Crippen LogP contribution is -2.47. The number of amidine groups is 1. The van der Waals surface area contributed by atoms with Gasteiger partial charge in [0.05, 0.1) is 29.4 Å². The topological polar surface area (TPSA) is 129 Å². The molecule has 3 heterocycles. The Morgan fingerprint density at radius 1 is 1.38 bits per heavy atom. The second-order valence-electron chi connectivity index (χ2n) is 6.93. The number of rotatable bonds is 5. The van der Waals surface area contributed by atoms with Crippen molar-refractivity contribution >= 4 is 29.0 Å². The van der Waals surface area contributed by atoms with Crippen molar-refractivity contribution in [2.45, 2.75) is 31.7 Å². The van der Waals surface area contributed by atoms with Gasteiger partial charge in [-0.05, 0) is 41.9 Å². The molecule has 0 radical (unpaired) electrons. The van der Waals surface area contributed by atoms with E-state index in [1.807, 2.05) is 4.90 Å². The van der Waals surface area contributed by atoms with E-state index in [0.29, 0.717) is 35.8 Å². The highest BCUT2D eigenvalue weighted by Crippen LogP contribution is 2.31. The van der Waals surface area contributed by atoms with Crippen molar-refractivity contribution < 1.29 is 14.1 Å². The average molecular weight is 414 g/mol. The van der Waals surface area contributed by atoms with E-state index in [1.165, 1.54) is 6.33 Å². The number of aromatic nitrogens is 2. The van der Waals surface area contributed by atoms with Crippen molar-refractivity contribution in [3.63, 3.8) is 0 Å². The van der Waals surface area contributed by atoms with E-state index in [1.54, 1.807) is 30.5 Å². The maximum Gasteiger partial charge on any atom is 0.228 e. The average Bonchev–Trinajstić information content (AvgIpc) is 2.72. The van der Waals surface area contributed by atoms with Crippen molar-refractivity contribution in [2.24, 2.45) is 10.1 Å². The summed E-state index contributed by atoms with van der Waals surface area (Å²) in [7, 11) is 0. The second kappa shape index (κ2) is 8.66. The lowest BCUT2D eigenvalue weighted by Gasteiger charge is -2.35. The molecule has 10 heteroatoms. The van der Waals surface area contributed by atoms with Crippen LogP contribution in [0.4, 0.5) is 5.69 Å². The van der Waals surface area contributed by atoms with Crippen LogP contribution in [0.15, 0.2) is 41.2 Å². The first-order valence-corrected chi connectivity index (χ1v) is 10.6. The highest BCUT2D eigenvalue weighted by Gasteiger charge is 2.29. The summed E-state index contributed by atoms with van der Waals surface area (Å²) in [5.74, 6) is 0.764. The number of piperidine rings is 1. The van der Waals surface area contributed by atoms with E-state index in [9.17, 15) is 9.35 Å². The molecular formula is C19H22N6O3S. The molecule has 3 N–H and O–H groups in total. The molecule has 0 spiro atoms. The van der Waals surface area contributed by atoms with Crippen LogP contribution in [0.5, 0.6) is 5.75 Å². The highest BCUT2D eigenvalue weighted by atomic mass is 32.2. The zero-order chi connectivity index (χ0) is 20.2. The first-order valence-electron chi connectivity index (χ1n) is 9.45. The lowest BCUT2D eigenvalue weighted by molar-refractivity contribution is -0.135. The molecule has 1 aromatic heterocycles. The van der Waals surface area contributed by atoms with Gasteiger partial charge < -0.3 is 19.9 Å². The smallest absolute Gasteiger partial charge is 0.228 e. The molecule has 2 aliphatic rings. The lowest BCUT2D eigenvalue weighted by atomic mass is 10.0. The van der Waals surface area contributed by atoms with Crippen molar-refractivity contribution in [1.29, 1.82) is 0 Å². The van der Waals surface area contributed by atoms with Gasteiger partial charge in [-0.3, -0.25) is 4.79 Å². The van der Waals surface area contributed by atoms with Crippen LogP contribution in [0.3, 0.4) is 0 Å². The Labute approximate surface area is 171 Å². The van der Waals surface area contributed by atoms with Gasteiger partial charge in [0, 0.05) is 12.7 Å². The third kappa shape index (κ3) is 4.43. The molecule has 29 heavy (non-hydrogen) atoms. The predicted octanol–water partition coefficient (Wildman–Crippen LogP) is 1.19. The Morgan fingerprint density at radius 2 is 2.28 bits per heavy atom. The van der Waals surface area contributed by atoms with Gasteiger partial charge in [-0.15, -0.1) is 0 Å². The van der Waals surface area contributed by atoms with E-state index in [4.69, 9.17) is 10.5 Å². The minimum atomic E-state index is -1.59. The van der Waals surface area contributed by atoms with E-state index in [2.05, 4.69) is 19.1 Å². The molecular weight excluding hydrogens is 392 g/mol. The number of hydrogen-bond acceptors (Lipinski definition) is 8. The maximum absolute atomic E-state index is 12.8. The summed E-state index contributed by atoms with van der Waals surface area (Å²) in [5, 5.41) is 0. The van der Waals surface area contributed by atoms with Gasteiger partial charge in [0.1, 0.15) is 18.7 Å². The Balaban J connectivity index is 1.46. The molecule has 1 fully saturated rings. The number of ether oxygens (including phenoxy) is 1. The van der Waals surface area contributed by atoms with Crippen LogP contribution < -0.4 is 15.2 Å². The Hall–Kier alpha value is -2.85. The van der Waals surface area contributed by atoms with Crippen LogP contribution in [-0.4, -0.2) is 50.4 Å². The quantitative estimate of drug-likeness (QED) is 0.703. The number of benzene rings is 1. The van der Waals surface area contributed by atoms with Gasteiger partial charge in [-0.1, -0.05) is 6.07 Å². The fourth-order valence-corrected chi connectivity index (χ4v) is 4.29. The van der Waals surface area contributed by atoms with Gasteiger partial charge in [0.2, 0.25) is 17.5 Å². The summed E-state index contributed by atoms with van der Waals surface area (Å²) in [6.07, 6.45) is 6.22. The molecule has 0 saturated carbocycles. The molecule has 9 nitrogen and oxygen atoms in total. The van der Waals surface area contributed by atoms with Crippen molar-refractivity contribution in [1.82, 2.24) is 14.9 Å². The summed E-state index contributed by atoms with van der Waals surface area (Å²) >= 11 is -1.59. The van der Waals surface area contributed by atoms with Crippen molar-refractivity contribution in [3.8, 4) is 5.75 Å². The standard InChI is InChI=1S/C19H22N6O3S/c20-19-18-15(23-29(27)24-19)5-3-6-16(18)28-11-14-4-1-2-9-25(14)17(26)10-13-7-8-21-12-22-13/h3,5-8,12,14,23H,1-2,4,9-11H2,(H2,20,24). The van der Waals surface area contributed by atoms with E-state index < -0.39 is 11.5 Å². The normalized spacial score (nSPS) is 21.0. The molecule has 0 aliphatic carbocycles. The van der Waals surface area contributed by atoms with Crippen LogP contribution in [0.25, 0.3) is 0 Å². The fraction of sp³-hybridized carbons (Fsp3) is 0.368. The Morgan fingerprint density at radius 3 is 3.10 bits per heavy atom. The monoisotopic (exact) mass is 414 g/mol. The SMILES string of the molecule is NC1=N[S+]([O-])Nc2cccc(OCC3CCCCN3C(=O)Cc3ccncn3)c21. The molecule has 152 valence electrons. The molecule has 4 rings (SSSR count).